The van der Waals surface area contributed by atoms with Crippen molar-refractivity contribution in [3.05, 3.63) is 69.2 Å². The molecule has 1 N–H and O–H groups in total. The van der Waals surface area contributed by atoms with Gasteiger partial charge in [0.2, 0.25) is 0 Å². The molecular weight excluding hydrogens is 350 g/mol. The van der Waals surface area contributed by atoms with Crippen LogP contribution in [0, 0.1) is 0 Å². The van der Waals surface area contributed by atoms with Crippen molar-refractivity contribution in [2.24, 2.45) is 0 Å². The van der Waals surface area contributed by atoms with E-state index >= 15 is 0 Å². The molecule has 0 fully saturated rings. The number of halogens is 5. The summed E-state index contributed by atoms with van der Waals surface area (Å²) in [5.41, 5.74) is 0.248. The van der Waals surface area contributed by atoms with Gasteiger partial charge in [-0.3, -0.25) is 4.79 Å². The quantitative estimate of drug-likeness (QED) is 0.816. The van der Waals surface area contributed by atoms with Crippen molar-refractivity contribution in [2.75, 3.05) is 6.54 Å². The van der Waals surface area contributed by atoms with Crippen molar-refractivity contribution in [3.8, 4) is 0 Å². The van der Waals surface area contributed by atoms with Crippen LogP contribution in [0.2, 0.25) is 10.0 Å². The van der Waals surface area contributed by atoms with Crippen LogP contribution < -0.4 is 5.32 Å². The lowest BCUT2D eigenvalue weighted by molar-refractivity contribution is -0.137. The first kappa shape index (κ1) is 17.6. The molecule has 23 heavy (non-hydrogen) atoms. The summed E-state index contributed by atoms with van der Waals surface area (Å²) in [5.74, 6) is -0.385. The average Bonchev–Trinajstić information content (AvgIpc) is 2.49. The minimum absolute atomic E-state index is 0.256. The Kier molecular flexibility index (Phi) is 5.55. The maximum Gasteiger partial charge on any atom is 0.416 e. The molecule has 0 aliphatic heterocycles. The molecule has 0 saturated carbocycles. The number of nitrogens with one attached hydrogen (secondary N) is 1. The first-order chi connectivity index (χ1) is 10.8. The molecule has 0 atom stereocenters. The molecule has 0 heterocycles. The Bertz CT molecular complexity index is 699. The second-order valence-corrected chi connectivity index (χ2v) is 5.67. The topological polar surface area (TPSA) is 29.1 Å². The van der Waals surface area contributed by atoms with E-state index in [0.29, 0.717) is 17.0 Å². The summed E-state index contributed by atoms with van der Waals surface area (Å²) in [5, 5.41) is 3.33. The van der Waals surface area contributed by atoms with Gasteiger partial charge in [-0.05, 0) is 42.3 Å². The summed E-state index contributed by atoms with van der Waals surface area (Å²) < 4.78 is 37.4. The Morgan fingerprint density at radius 1 is 1.04 bits per heavy atom. The molecule has 0 bridgehead atoms. The van der Waals surface area contributed by atoms with Gasteiger partial charge in [0.05, 0.1) is 16.1 Å². The number of carbonyl (C=O) groups excluding carboxylic acids is 1. The zero-order valence-corrected chi connectivity index (χ0v) is 13.3. The molecule has 2 nitrogen and oxygen atoms in total. The van der Waals surface area contributed by atoms with Crippen LogP contribution in [-0.2, 0) is 12.6 Å². The molecular formula is C16H12Cl2F3NO. The maximum absolute atomic E-state index is 12.5. The molecule has 122 valence electrons. The lowest BCUT2D eigenvalue weighted by atomic mass is 10.1. The predicted octanol–water partition coefficient (Wildman–Crippen LogP) is 4.98. The molecule has 0 aliphatic rings. The Morgan fingerprint density at radius 2 is 1.70 bits per heavy atom. The third-order valence-corrected chi connectivity index (χ3v) is 3.72. The van der Waals surface area contributed by atoms with E-state index < -0.39 is 11.7 Å². The van der Waals surface area contributed by atoms with Gasteiger partial charge in [0.15, 0.2) is 0 Å². The van der Waals surface area contributed by atoms with Crippen LogP contribution >= 0.6 is 23.2 Å². The van der Waals surface area contributed by atoms with Gasteiger partial charge in [-0.1, -0.05) is 35.3 Å². The molecule has 2 rings (SSSR count). The van der Waals surface area contributed by atoms with Gasteiger partial charge in [0, 0.05) is 11.6 Å². The van der Waals surface area contributed by atoms with E-state index in [1.54, 1.807) is 6.07 Å². The highest BCUT2D eigenvalue weighted by Gasteiger charge is 2.29. The van der Waals surface area contributed by atoms with Crippen molar-refractivity contribution in [2.45, 2.75) is 12.6 Å². The summed E-state index contributed by atoms with van der Waals surface area (Å²) in [6, 6.07) is 9.37. The van der Waals surface area contributed by atoms with Crippen LogP contribution in [0.1, 0.15) is 21.5 Å². The van der Waals surface area contributed by atoms with Gasteiger partial charge < -0.3 is 5.32 Å². The lowest BCUT2D eigenvalue weighted by Gasteiger charge is -2.09. The molecule has 2 aromatic rings. The van der Waals surface area contributed by atoms with Crippen molar-refractivity contribution < 1.29 is 18.0 Å². The Hall–Kier alpha value is -1.72. The zero-order chi connectivity index (χ0) is 17.0. The summed E-state index contributed by atoms with van der Waals surface area (Å²) in [4.78, 5) is 12.0. The number of rotatable bonds is 4. The van der Waals surface area contributed by atoms with E-state index in [0.717, 1.165) is 12.1 Å². The summed E-state index contributed by atoms with van der Waals surface area (Å²) >= 11 is 11.7. The number of hydrogen-bond donors (Lipinski definition) is 1. The fraction of sp³-hybridized carbons (Fsp3) is 0.188. The molecule has 2 aromatic carbocycles. The second-order valence-electron chi connectivity index (χ2n) is 4.82. The van der Waals surface area contributed by atoms with E-state index in [1.807, 2.05) is 0 Å². The Labute approximate surface area is 141 Å². The molecule has 0 aliphatic carbocycles. The van der Waals surface area contributed by atoms with Gasteiger partial charge >= 0.3 is 6.18 Å². The molecule has 0 aromatic heterocycles. The molecule has 7 heteroatoms. The van der Waals surface area contributed by atoms with Gasteiger partial charge in [0.1, 0.15) is 0 Å². The van der Waals surface area contributed by atoms with Gasteiger partial charge in [0.25, 0.3) is 5.91 Å². The molecule has 0 unspecified atom stereocenters. The van der Waals surface area contributed by atoms with Gasteiger partial charge in [-0.15, -0.1) is 0 Å². The van der Waals surface area contributed by atoms with Gasteiger partial charge in [-0.25, -0.2) is 0 Å². The third-order valence-electron chi connectivity index (χ3n) is 3.15. The SMILES string of the molecule is O=C(NCCc1ccc(C(F)(F)F)cc1)c1cc(Cl)ccc1Cl. The summed E-state index contributed by atoms with van der Waals surface area (Å²) in [6.07, 6.45) is -3.95. The van der Waals surface area contributed by atoms with Crippen LogP contribution in [0.15, 0.2) is 42.5 Å². The first-order valence-corrected chi connectivity index (χ1v) is 7.42. The monoisotopic (exact) mass is 361 g/mol. The van der Waals surface area contributed by atoms with Crippen LogP contribution in [0.25, 0.3) is 0 Å². The van der Waals surface area contributed by atoms with Gasteiger partial charge in [-0.2, -0.15) is 13.2 Å². The fourth-order valence-corrected chi connectivity index (χ4v) is 2.32. The lowest BCUT2D eigenvalue weighted by Crippen LogP contribution is -2.26. The highest BCUT2D eigenvalue weighted by atomic mass is 35.5. The van der Waals surface area contributed by atoms with E-state index in [9.17, 15) is 18.0 Å². The minimum Gasteiger partial charge on any atom is -0.352 e. The van der Waals surface area contributed by atoms with E-state index in [4.69, 9.17) is 23.2 Å². The molecule has 0 spiro atoms. The second kappa shape index (κ2) is 7.23. The van der Waals surface area contributed by atoms with E-state index in [2.05, 4.69) is 5.32 Å². The summed E-state index contributed by atoms with van der Waals surface area (Å²) in [7, 11) is 0. The molecule has 0 saturated heterocycles. The average molecular weight is 362 g/mol. The molecule has 0 radical (unpaired) electrons. The Morgan fingerprint density at radius 3 is 2.30 bits per heavy atom. The van der Waals surface area contributed by atoms with Crippen LogP contribution in [0.5, 0.6) is 0 Å². The number of amides is 1. The summed E-state index contributed by atoms with van der Waals surface area (Å²) in [6.45, 7) is 0.271. The zero-order valence-electron chi connectivity index (χ0n) is 11.8. The normalized spacial score (nSPS) is 11.3. The maximum atomic E-state index is 12.5. The van der Waals surface area contributed by atoms with Crippen molar-refractivity contribution in [3.63, 3.8) is 0 Å². The third kappa shape index (κ3) is 4.88. The van der Waals surface area contributed by atoms with Crippen LogP contribution in [0.3, 0.4) is 0 Å². The number of carbonyl (C=O) groups is 1. The fourth-order valence-electron chi connectivity index (χ4n) is 1.95. The minimum atomic E-state index is -4.35. The van der Waals surface area contributed by atoms with Crippen molar-refractivity contribution >= 4 is 29.1 Å². The number of alkyl halides is 3. The standard InChI is InChI=1S/C16H12Cl2F3NO/c17-12-5-6-14(18)13(9-12)15(23)22-8-7-10-1-3-11(4-2-10)16(19,20)21/h1-6,9H,7-8H2,(H,22,23). The Balaban J connectivity index is 1.92. The smallest absolute Gasteiger partial charge is 0.352 e. The van der Waals surface area contributed by atoms with E-state index in [1.165, 1.54) is 24.3 Å². The molecule has 1 amide bonds. The highest BCUT2D eigenvalue weighted by Crippen LogP contribution is 2.29. The van der Waals surface area contributed by atoms with Crippen LogP contribution in [0.4, 0.5) is 13.2 Å². The largest absolute Gasteiger partial charge is 0.416 e. The first-order valence-electron chi connectivity index (χ1n) is 6.67. The van der Waals surface area contributed by atoms with Crippen molar-refractivity contribution in [1.82, 2.24) is 5.32 Å². The predicted molar refractivity (Wildman–Crippen MR) is 83.9 cm³/mol. The van der Waals surface area contributed by atoms with Crippen molar-refractivity contribution in [1.29, 1.82) is 0 Å². The number of benzene rings is 2. The van der Waals surface area contributed by atoms with Crippen LogP contribution in [-0.4, -0.2) is 12.5 Å². The number of hydrogen-bond acceptors (Lipinski definition) is 1. The highest BCUT2D eigenvalue weighted by molar-refractivity contribution is 6.35. The van der Waals surface area contributed by atoms with E-state index in [-0.39, 0.29) is 23.0 Å².